The smallest absolute Gasteiger partial charge is 0.253 e. The van der Waals surface area contributed by atoms with Crippen LogP contribution in [0.4, 0.5) is 0 Å². The molecule has 0 spiro atoms. The van der Waals surface area contributed by atoms with Crippen molar-refractivity contribution in [2.24, 2.45) is 11.7 Å². The number of imide groups is 1. The quantitative estimate of drug-likeness (QED) is 0.631. The molecular weight excluding hydrogens is 180 g/mol. The monoisotopic (exact) mass is 194 g/mol. The molecular formula is C10H14N2O2. The normalized spacial score (nSPS) is 31.9. The predicted molar refractivity (Wildman–Crippen MR) is 51.2 cm³/mol. The zero-order chi connectivity index (χ0) is 10.1. The third-order valence-corrected chi connectivity index (χ3v) is 3.10. The minimum atomic E-state index is -0.180. The maximum atomic E-state index is 11.4. The average Bonchev–Trinajstić information content (AvgIpc) is 2.73. The number of nitrogens with zero attached hydrogens (tertiary/aromatic N) is 1. The van der Waals surface area contributed by atoms with Gasteiger partial charge in [0.2, 0.25) is 0 Å². The number of carbonyl (C=O) groups excluding carboxylic acids is 2. The molecule has 2 amide bonds. The van der Waals surface area contributed by atoms with Gasteiger partial charge in [-0.15, -0.1) is 0 Å². The van der Waals surface area contributed by atoms with Gasteiger partial charge < -0.3 is 5.73 Å². The van der Waals surface area contributed by atoms with Gasteiger partial charge in [-0.1, -0.05) is 6.42 Å². The molecule has 1 aliphatic carbocycles. The molecule has 1 heterocycles. The molecule has 14 heavy (non-hydrogen) atoms. The van der Waals surface area contributed by atoms with Gasteiger partial charge >= 0.3 is 0 Å². The van der Waals surface area contributed by atoms with E-state index in [0.29, 0.717) is 12.5 Å². The number of carbonyl (C=O) groups is 2. The summed E-state index contributed by atoms with van der Waals surface area (Å²) < 4.78 is 0. The van der Waals surface area contributed by atoms with Crippen molar-refractivity contribution in [3.63, 3.8) is 0 Å². The summed E-state index contributed by atoms with van der Waals surface area (Å²) in [5.74, 6) is -0.0662. The van der Waals surface area contributed by atoms with E-state index in [-0.39, 0.29) is 17.9 Å². The molecule has 0 aromatic heterocycles. The fourth-order valence-electron chi connectivity index (χ4n) is 2.37. The summed E-state index contributed by atoms with van der Waals surface area (Å²) in [6.07, 6.45) is 5.67. The van der Waals surface area contributed by atoms with Crippen molar-refractivity contribution in [3.05, 3.63) is 12.2 Å². The SMILES string of the molecule is NCC1CCCC1N1C(=O)C=CC1=O. The minimum Gasteiger partial charge on any atom is -0.330 e. The summed E-state index contributed by atoms with van der Waals surface area (Å²) in [7, 11) is 0. The van der Waals surface area contributed by atoms with Crippen LogP contribution in [0.15, 0.2) is 12.2 Å². The van der Waals surface area contributed by atoms with E-state index in [1.54, 1.807) is 0 Å². The Hall–Kier alpha value is -1.16. The van der Waals surface area contributed by atoms with E-state index in [1.807, 2.05) is 0 Å². The van der Waals surface area contributed by atoms with Crippen LogP contribution in [0.3, 0.4) is 0 Å². The van der Waals surface area contributed by atoms with Crippen LogP contribution in [0.25, 0.3) is 0 Å². The van der Waals surface area contributed by atoms with Crippen molar-refractivity contribution < 1.29 is 9.59 Å². The van der Waals surface area contributed by atoms with Crippen molar-refractivity contribution >= 4 is 11.8 Å². The summed E-state index contributed by atoms with van der Waals surface area (Å²) >= 11 is 0. The first-order chi connectivity index (χ1) is 6.74. The molecule has 0 aromatic carbocycles. The van der Waals surface area contributed by atoms with Crippen LogP contribution < -0.4 is 5.73 Å². The number of amides is 2. The highest BCUT2D eigenvalue weighted by Crippen LogP contribution is 2.30. The maximum absolute atomic E-state index is 11.4. The number of nitrogens with two attached hydrogens (primary N) is 1. The molecule has 76 valence electrons. The van der Waals surface area contributed by atoms with E-state index in [2.05, 4.69) is 0 Å². The lowest BCUT2D eigenvalue weighted by Gasteiger charge is -2.26. The van der Waals surface area contributed by atoms with Crippen LogP contribution in [0.1, 0.15) is 19.3 Å². The molecule has 2 N–H and O–H groups in total. The molecule has 1 aliphatic heterocycles. The van der Waals surface area contributed by atoms with Crippen molar-refractivity contribution in [3.8, 4) is 0 Å². The van der Waals surface area contributed by atoms with Crippen LogP contribution in [0, 0.1) is 5.92 Å². The number of hydrogen-bond acceptors (Lipinski definition) is 3. The van der Waals surface area contributed by atoms with Crippen molar-refractivity contribution in [1.29, 1.82) is 0 Å². The maximum Gasteiger partial charge on any atom is 0.253 e. The average molecular weight is 194 g/mol. The van der Waals surface area contributed by atoms with Crippen molar-refractivity contribution in [2.45, 2.75) is 25.3 Å². The van der Waals surface area contributed by atoms with E-state index >= 15 is 0 Å². The molecule has 0 bridgehead atoms. The number of hydrogen-bond donors (Lipinski definition) is 1. The van der Waals surface area contributed by atoms with Gasteiger partial charge in [0, 0.05) is 18.2 Å². The zero-order valence-corrected chi connectivity index (χ0v) is 7.98. The van der Waals surface area contributed by atoms with E-state index < -0.39 is 0 Å². The standard InChI is InChI=1S/C10H14N2O2/c11-6-7-2-1-3-8(7)12-9(13)4-5-10(12)14/h4-5,7-8H,1-3,6,11H2. The van der Waals surface area contributed by atoms with Crippen LogP contribution in [0.5, 0.6) is 0 Å². The molecule has 2 aliphatic rings. The first-order valence-corrected chi connectivity index (χ1v) is 4.99. The van der Waals surface area contributed by atoms with Crippen molar-refractivity contribution in [1.82, 2.24) is 4.90 Å². The third kappa shape index (κ3) is 1.35. The first kappa shape index (κ1) is 9.40. The van der Waals surface area contributed by atoms with Gasteiger partial charge in [0.25, 0.3) is 11.8 Å². The highest BCUT2D eigenvalue weighted by Gasteiger charge is 2.38. The van der Waals surface area contributed by atoms with E-state index in [0.717, 1.165) is 19.3 Å². The number of rotatable bonds is 2. The molecule has 0 aromatic rings. The summed E-state index contributed by atoms with van der Waals surface area (Å²) in [5.41, 5.74) is 5.61. The molecule has 1 saturated carbocycles. The topological polar surface area (TPSA) is 63.4 Å². The Morgan fingerprint density at radius 1 is 1.29 bits per heavy atom. The van der Waals surface area contributed by atoms with Gasteiger partial charge in [-0.25, -0.2) is 0 Å². The minimum absolute atomic E-state index is 0.0370. The van der Waals surface area contributed by atoms with Gasteiger partial charge in [0.15, 0.2) is 0 Å². The Bertz CT molecular complexity index is 280. The predicted octanol–water partition coefficient (Wildman–Crippen LogP) is 0.0388. The van der Waals surface area contributed by atoms with Crippen LogP contribution in [0.2, 0.25) is 0 Å². The Labute approximate surface area is 82.7 Å². The second-order valence-corrected chi connectivity index (χ2v) is 3.87. The highest BCUT2D eigenvalue weighted by atomic mass is 16.2. The van der Waals surface area contributed by atoms with E-state index in [4.69, 9.17) is 5.73 Å². The van der Waals surface area contributed by atoms with Gasteiger partial charge in [0.1, 0.15) is 0 Å². The lowest BCUT2D eigenvalue weighted by atomic mass is 10.0. The Morgan fingerprint density at radius 2 is 1.93 bits per heavy atom. The fourth-order valence-corrected chi connectivity index (χ4v) is 2.37. The van der Waals surface area contributed by atoms with Gasteiger partial charge in [-0.05, 0) is 25.3 Å². The van der Waals surface area contributed by atoms with Crippen LogP contribution in [-0.4, -0.2) is 29.3 Å². The summed E-state index contributed by atoms with van der Waals surface area (Å²) in [5, 5.41) is 0. The van der Waals surface area contributed by atoms with Gasteiger partial charge in [-0.2, -0.15) is 0 Å². The van der Waals surface area contributed by atoms with Gasteiger partial charge in [0.05, 0.1) is 0 Å². The molecule has 0 radical (unpaired) electrons. The van der Waals surface area contributed by atoms with E-state index in [1.165, 1.54) is 17.1 Å². The largest absolute Gasteiger partial charge is 0.330 e. The fraction of sp³-hybridized carbons (Fsp3) is 0.600. The molecule has 0 saturated heterocycles. The molecule has 2 atom stereocenters. The summed E-state index contributed by atoms with van der Waals surface area (Å²) in [6, 6.07) is 0.0370. The summed E-state index contributed by atoms with van der Waals surface area (Å²) in [6.45, 7) is 0.557. The lowest BCUT2D eigenvalue weighted by Crippen LogP contribution is -2.43. The second kappa shape index (κ2) is 3.53. The molecule has 4 nitrogen and oxygen atoms in total. The van der Waals surface area contributed by atoms with Crippen LogP contribution in [-0.2, 0) is 9.59 Å². The molecule has 2 rings (SSSR count). The Morgan fingerprint density at radius 3 is 2.50 bits per heavy atom. The van der Waals surface area contributed by atoms with Gasteiger partial charge in [-0.3, -0.25) is 14.5 Å². The van der Waals surface area contributed by atoms with Crippen molar-refractivity contribution in [2.75, 3.05) is 6.54 Å². The summed E-state index contributed by atoms with van der Waals surface area (Å²) in [4.78, 5) is 24.2. The third-order valence-electron chi connectivity index (χ3n) is 3.10. The Kier molecular flexibility index (Phi) is 2.37. The lowest BCUT2D eigenvalue weighted by molar-refractivity contribution is -0.140. The Balaban J connectivity index is 2.14. The highest BCUT2D eigenvalue weighted by molar-refractivity contribution is 6.13. The molecule has 1 fully saturated rings. The van der Waals surface area contributed by atoms with E-state index in [9.17, 15) is 9.59 Å². The second-order valence-electron chi connectivity index (χ2n) is 3.87. The molecule has 4 heteroatoms. The molecule has 2 unspecified atom stereocenters. The first-order valence-electron chi connectivity index (χ1n) is 4.99. The van der Waals surface area contributed by atoms with Crippen LogP contribution >= 0.6 is 0 Å². The zero-order valence-electron chi connectivity index (χ0n) is 7.98.